The standard InChI is InChI=1S/C18H22N6O2S.2BrH/c1-12-16(21-11-20-12)10-27-7-6-19-18-22-17(25)15(23-24-18)9-13-4-3-5-14(8-13)26-2;;/h3-5,8,11H,6-7,9-10H2,1-2H3,(H,20,21)(H2,19,22,24,25);2*1H. The van der Waals surface area contributed by atoms with Crippen molar-refractivity contribution in [2.24, 2.45) is 0 Å². The normalized spacial score (nSPS) is 10.0. The number of halogens is 2. The molecule has 0 unspecified atom stereocenters. The van der Waals surface area contributed by atoms with E-state index in [1.54, 1.807) is 25.2 Å². The summed E-state index contributed by atoms with van der Waals surface area (Å²) < 4.78 is 5.20. The summed E-state index contributed by atoms with van der Waals surface area (Å²) in [6.45, 7) is 2.68. The van der Waals surface area contributed by atoms with Crippen LogP contribution in [0.4, 0.5) is 5.95 Å². The summed E-state index contributed by atoms with van der Waals surface area (Å²) in [7, 11) is 1.61. The molecule has 0 saturated carbocycles. The minimum Gasteiger partial charge on any atom is -0.497 e. The monoisotopic (exact) mass is 546 g/mol. The maximum Gasteiger partial charge on any atom is 0.274 e. The fourth-order valence-electron chi connectivity index (χ4n) is 2.47. The predicted molar refractivity (Wildman–Crippen MR) is 127 cm³/mol. The zero-order chi connectivity index (χ0) is 19.1. The Morgan fingerprint density at radius 2 is 2.03 bits per heavy atom. The molecule has 3 rings (SSSR count). The van der Waals surface area contributed by atoms with Gasteiger partial charge in [0.1, 0.15) is 11.4 Å². The molecule has 0 spiro atoms. The van der Waals surface area contributed by atoms with Crippen molar-refractivity contribution >= 4 is 51.7 Å². The van der Waals surface area contributed by atoms with Gasteiger partial charge in [-0.1, -0.05) is 12.1 Å². The highest BCUT2D eigenvalue weighted by atomic mass is 79.9. The molecule has 3 aromatic rings. The summed E-state index contributed by atoms with van der Waals surface area (Å²) in [5.41, 5.74) is 3.24. The molecule has 0 radical (unpaired) electrons. The Labute approximate surface area is 194 Å². The van der Waals surface area contributed by atoms with Crippen LogP contribution >= 0.6 is 45.7 Å². The van der Waals surface area contributed by atoms with Gasteiger partial charge in [-0.05, 0) is 24.6 Å². The molecule has 0 amide bonds. The van der Waals surface area contributed by atoms with Gasteiger partial charge in [0.15, 0.2) is 0 Å². The molecule has 3 N–H and O–H groups in total. The molecule has 2 aromatic heterocycles. The van der Waals surface area contributed by atoms with Crippen LogP contribution in [0, 0.1) is 6.92 Å². The smallest absolute Gasteiger partial charge is 0.274 e. The summed E-state index contributed by atoms with van der Waals surface area (Å²) in [4.78, 5) is 22.3. The van der Waals surface area contributed by atoms with E-state index in [9.17, 15) is 4.79 Å². The van der Waals surface area contributed by atoms with E-state index in [-0.39, 0.29) is 39.5 Å². The molecule has 1 aromatic carbocycles. The summed E-state index contributed by atoms with van der Waals surface area (Å²) in [6.07, 6.45) is 2.11. The molecule has 0 atom stereocenters. The number of H-pyrrole nitrogens is 2. The number of hydrogen-bond acceptors (Lipinski definition) is 7. The van der Waals surface area contributed by atoms with Crippen molar-refractivity contribution in [2.75, 3.05) is 24.7 Å². The van der Waals surface area contributed by atoms with Gasteiger partial charge in [-0.25, -0.2) is 4.98 Å². The zero-order valence-electron chi connectivity index (χ0n) is 16.1. The number of aryl methyl sites for hydroxylation is 1. The third-order valence-corrected chi connectivity index (χ3v) is 4.95. The number of ether oxygens (including phenoxy) is 1. The van der Waals surface area contributed by atoms with E-state index in [4.69, 9.17) is 4.74 Å². The van der Waals surface area contributed by atoms with Crippen LogP contribution in [0.15, 0.2) is 35.4 Å². The topological polar surface area (TPSA) is 109 Å². The van der Waals surface area contributed by atoms with Crippen molar-refractivity contribution in [1.29, 1.82) is 0 Å². The SMILES string of the molecule is Br.Br.COc1cccc(Cc2nnc(NCCSCc3nc[nH]c3C)[nH]c2=O)c1. The summed E-state index contributed by atoms with van der Waals surface area (Å²) >= 11 is 1.76. The molecule has 29 heavy (non-hydrogen) atoms. The lowest BCUT2D eigenvalue weighted by Gasteiger charge is -2.06. The molecule has 2 heterocycles. The largest absolute Gasteiger partial charge is 0.497 e. The average molecular weight is 548 g/mol. The van der Waals surface area contributed by atoms with Crippen LogP contribution in [-0.4, -0.2) is 44.6 Å². The van der Waals surface area contributed by atoms with E-state index >= 15 is 0 Å². The van der Waals surface area contributed by atoms with Crippen molar-refractivity contribution in [3.05, 3.63) is 63.6 Å². The van der Waals surface area contributed by atoms with Crippen molar-refractivity contribution in [1.82, 2.24) is 25.1 Å². The Morgan fingerprint density at radius 3 is 2.72 bits per heavy atom. The highest BCUT2D eigenvalue weighted by Crippen LogP contribution is 2.14. The molecule has 8 nitrogen and oxygen atoms in total. The van der Waals surface area contributed by atoms with Gasteiger partial charge in [0, 0.05) is 30.2 Å². The van der Waals surface area contributed by atoms with E-state index in [1.165, 1.54) is 0 Å². The van der Waals surface area contributed by atoms with E-state index in [2.05, 4.69) is 30.5 Å². The third-order valence-electron chi connectivity index (χ3n) is 3.98. The Morgan fingerprint density at radius 1 is 1.21 bits per heavy atom. The van der Waals surface area contributed by atoms with E-state index in [1.807, 2.05) is 31.2 Å². The Balaban J connectivity index is 0.00000210. The van der Waals surface area contributed by atoms with Gasteiger partial charge >= 0.3 is 0 Å². The fourth-order valence-corrected chi connectivity index (χ4v) is 3.35. The minimum absolute atomic E-state index is 0. The molecule has 0 fully saturated rings. The van der Waals surface area contributed by atoms with Gasteiger partial charge in [-0.15, -0.1) is 44.2 Å². The molecular weight excluding hydrogens is 524 g/mol. The van der Waals surface area contributed by atoms with E-state index < -0.39 is 0 Å². The number of hydrogen-bond donors (Lipinski definition) is 3. The highest BCUT2D eigenvalue weighted by Gasteiger charge is 2.07. The van der Waals surface area contributed by atoms with E-state index in [0.29, 0.717) is 24.6 Å². The lowest BCUT2D eigenvalue weighted by atomic mass is 10.1. The highest BCUT2D eigenvalue weighted by molar-refractivity contribution is 8.93. The van der Waals surface area contributed by atoms with E-state index in [0.717, 1.165) is 34.2 Å². The number of nitrogens with one attached hydrogen (secondary N) is 3. The molecule has 11 heteroatoms. The summed E-state index contributed by atoms with van der Waals surface area (Å²) in [6, 6.07) is 7.55. The summed E-state index contributed by atoms with van der Waals surface area (Å²) in [5.74, 6) is 2.84. The van der Waals surface area contributed by atoms with Crippen LogP contribution in [0.2, 0.25) is 0 Å². The van der Waals surface area contributed by atoms with Gasteiger partial charge in [0.25, 0.3) is 5.56 Å². The maximum atomic E-state index is 12.2. The lowest BCUT2D eigenvalue weighted by molar-refractivity contribution is 0.414. The number of benzene rings is 1. The zero-order valence-corrected chi connectivity index (χ0v) is 20.3. The van der Waals surface area contributed by atoms with Gasteiger partial charge in [0.05, 0.1) is 19.1 Å². The Bertz CT molecular complexity index is 950. The van der Waals surface area contributed by atoms with Crippen molar-refractivity contribution in [3.63, 3.8) is 0 Å². The fraction of sp³-hybridized carbons (Fsp3) is 0.333. The number of rotatable bonds is 9. The van der Waals surface area contributed by atoms with Crippen LogP contribution in [0.5, 0.6) is 5.75 Å². The second-order valence-electron chi connectivity index (χ2n) is 5.93. The number of methoxy groups -OCH3 is 1. The number of imidazole rings is 1. The van der Waals surface area contributed by atoms with Crippen LogP contribution in [0.25, 0.3) is 0 Å². The quantitative estimate of drug-likeness (QED) is 0.353. The maximum absolute atomic E-state index is 12.2. The Kier molecular flexibility index (Phi) is 11.0. The first-order valence-corrected chi connectivity index (χ1v) is 9.70. The van der Waals surface area contributed by atoms with Gasteiger partial charge in [-0.3, -0.25) is 9.78 Å². The molecular formula is C18H24Br2N6O2S. The summed E-state index contributed by atoms with van der Waals surface area (Å²) in [5, 5.41) is 11.2. The number of anilines is 1. The second kappa shape index (κ2) is 12.7. The molecule has 158 valence electrons. The van der Waals surface area contributed by atoms with Crippen LogP contribution < -0.4 is 15.6 Å². The lowest BCUT2D eigenvalue weighted by Crippen LogP contribution is -2.20. The first-order valence-electron chi connectivity index (χ1n) is 8.55. The predicted octanol–water partition coefficient (Wildman–Crippen LogP) is 3.30. The first kappa shape index (κ1) is 25.2. The van der Waals surface area contributed by atoms with Crippen molar-refractivity contribution in [2.45, 2.75) is 19.1 Å². The van der Waals surface area contributed by atoms with Crippen LogP contribution in [0.1, 0.15) is 22.6 Å². The molecule has 0 saturated heterocycles. The third kappa shape index (κ3) is 7.48. The number of aromatic nitrogens is 5. The van der Waals surface area contributed by atoms with Crippen LogP contribution in [-0.2, 0) is 12.2 Å². The number of thioether (sulfide) groups is 1. The average Bonchev–Trinajstić information content (AvgIpc) is 3.08. The molecule has 0 aliphatic rings. The van der Waals surface area contributed by atoms with Gasteiger partial charge in [-0.2, -0.15) is 11.8 Å². The molecule has 0 bridgehead atoms. The Hall–Kier alpha value is -1.85. The van der Waals surface area contributed by atoms with Gasteiger partial charge in [0.2, 0.25) is 5.95 Å². The second-order valence-corrected chi connectivity index (χ2v) is 7.04. The number of aromatic amines is 2. The number of nitrogens with zero attached hydrogens (tertiary/aromatic N) is 3. The van der Waals surface area contributed by atoms with Crippen molar-refractivity contribution < 1.29 is 4.74 Å². The first-order chi connectivity index (χ1) is 13.2. The van der Waals surface area contributed by atoms with Crippen LogP contribution in [0.3, 0.4) is 0 Å². The molecule has 0 aliphatic heterocycles. The molecule has 0 aliphatic carbocycles. The van der Waals surface area contributed by atoms with Crippen molar-refractivity contribution in [3.8, 4) is 5.75 Å². The van der Waals surface area contributed by atoms with Gasteiger partial charge < -0.3 is 15.0 Å². The minimum atomic E-state index is -0.241.